The first-order valence-corrected chi connectivity index (χ1v) is 14.1. The third-order valence-electron chi connectivity index (χ3n) is 9.32. The summed E-state index contributed by atoms with van der Waals surface area (Å²) in [5.74, 6) is 0.431. The van der Waals surface area contributed by atoms with E-state index < -0.39 is 5.54 Å². The average Bonchev–Trinajstić information content (AvgIpc) is 2.94. The van der Waals surface area contributed by atoms with Crippen LogP contribution < -0.4 is 0 Å². The highest BCUT2D eigenvalue weighted by molar-refractivity contribution is 5.82. The van der Waals surface area contributed by atoms with Crippen molar-refractivity contribution >= 4 is 5.97 Å². The second kappa shape index (κ2) is 11.0. The second-order valence-electron chi connectivity index (χ2n) is 11.5. The Bertz CT molecular complexity index is 994. The number of piperidine rings is 4. The van der Waals surface area contributed by atoms with E-state index in [2.05, 4.69) is 48.2 Å². The summed E-state index contributed by atoms with van der Waals surface area (Å²) in [5.41, 5.74) is 2.86. The highest BCUT2D eigenvalue weighted by Crippen LogP contribution is 2.39. The molecular weight excluding hydrogens is 448 g/mol. The van der Waals surface area contributed by atoms with Gasteiger partial charge in [0.25, 0.3) is 0 Å². The molecule has 4 aliphatic heterocycles. The number of hydrogen-bond donors (Lipinski definition) is 1. The number of nitrogens with zero attached hydrogens (tertiary/aromatic N) is 2. The Morgan fingerprint density at radius 3 is 2.25 bits per heavy atom. The summed E-state index contributed by atoms with van der Waals surface area (Å²) in [6.45, 7) is 8.63. The molecule has 0 unspecified atom stereocenters. The highest BCUT2D eigenvalue weighted by Gasteiger charge is 2.50. The van der Waals surface area contributed by atoms with Gasteiger partial charge in [-0.15, -0.1) is 0 Å². The van der Waals surface area contributed by atoms with E-state index in [1.807, 2.05) is 18.2 Å². The van der Waals surface area contributed by atoms with Crippen LogP contribution in [0.25, 0.3) is 0 Å². The van der Waals surface area contributed by atoms with Crippen LogP contribution in [-0.4, -0.2) is 72.4 Å². The summed E-state index contributed by atoms with van der Waals surface area (Å²) in [6.07, 6.45) is 7.60. The minimum Gasteiger partial charge on any atom is -0.454 e. The van der Waals surface area contributed by atoms with Crippen molar-refractivity contribution in [1.82, 2.24) is 4.90 Å². The summed E-state index contributed by atoms with van der Waals surface area (Å²) >= 11 is 0. The van der Waals surface area contributed by atoms with Gasteiger partial charge in [-0.05, 0) is 56.0 Å². The van der Waals surface area contributed by atoms with Gasteiger partial charge in [0.15, 0.2) is 6.10 Å². The van der Waals surface area contributed by atoms with Crippen molar-refractivity contribution in [3.63, 3.8) is 0 Å². The molecule has 0 amide bonds. The van der Waals surface area contributed by atoms with Crippen LogP contribution in [0.2, 0.25) is 0 Å². The van der Waals surface area contributed by atoms with E-state index in [1.165, 1.54) is 30.6 Å². The lowest BCUT2D eigenvalue weighted by molar-refractivity contribution is -0.946. The normalized spacial score (nSPS) is 27.9. The quantitative estimate of drug-likeness (QED) is 0.419. The molecule has 36 heavy (non-hydrogen) atoms. The van der Waals surface area contributed by atoms with Gasteiger partial charge in [-0.2, -0.15) is 0 Å². The van der Waals surface area contributed by atoms with Gasteiger partial charge in [-0.3, -0.25) is 4.90 Å². The van der Waals surface area contributed by atoms with E-state index in [0.717, 1.165) is 68.3 Å². The summed E-state index contributed by atoms with van der Waals surface area (Å²) in [6, 6.07) is 19.0. The lowest BCUT2D eigenvalue weighted by atomic mass is 9.82. The number of fused-ring (bicyclic) bond motifs is 3. The Kier molecular flexibility index (Phi) is 7.80. The first-order valence-electron chi connectivity index (χ1n) is 14.1. The van der Waals surface area contributed by atoms with Crippen molar-refractivity contribution in [2.45, 2.75) is 63.5 Å². The molecule has 2 aromatic rings. The number of hydrogen-bond acceptors (Lipinski definition) is 4. The topological polar surface area (TPSA) is 49.8 Å². The summed E-state index contributed by atoms with van der Waals surface area (Å²) in [7, 11) is 0. The largest absolute Gasteiger partial charge is 0.454 e. The Labute approximate surface area is 216 Å². The van der Waals surface area contributed by atoms with E-state index in [4.69, 9.17) is 9.84 Å². The molecule has 2 bridgehead atoms. The lowest BCUT2D eigenvalue weighted by Gasteiger charge is -2.53. The number of ether oxygens (including phenoxy) is 1. The zero-order chi connectivity index (χ0) is 25.0. The molecule has 2 atom stereocenters. The van der Waals surface area contributed by atoms with Gasteiger partial charge in [-0.25, -0.2) is 4.79 Å². The average molecular weight is 492 g/mol. The number of quaternary nitrogens is 1. The number of aliphatic hydroxyl groups excluding tert-OH is 1. The summed E-state index contributed by atoms with van der Waals surface area (Å²) < 4.78 is 7.57. The molecule has 0 spiro atoms. The number of aliphatic hydroxyl groups is 1. The van der Waals surface area contributed by atoms with Gasteiger partial charge >= 0.3 is 5.97 Å². The van der Waals surface area contributed by atoms with Gasteiger partial charge < -0.3 is 14.3 Å². The Morgan fingerprint density at radius 1 is 0.972 bits per heavy atom. The van der Waals surface area contributed by atoms with E-state index in [1.54, 1.807) is 0 Å². The molecule has 194 valence electrons. The number of carbonyl (C=O) groups is 1. The third-order valence-corrected chi connectivity index (χ3v) is 9.32. The molecule has 0 aliphatic carbocycles. The molecule has 6 rings (SSSR count). The molecule has 1 N–H and O–H groups in total. The number of rotatable bonds is 9. The SMILES string of the molecule is C[C@@](C(=O)O[C@H]1C[N+]2(CCc3ccc(CCO)cc3)CCC1CC2)(c1ccccc1)N1CCCCC1. The second-order valence-corrected chi connectivity index (χ2v) is 11.5. The van der Waals surface area contributed by atoms with Crippen LogP contribution in [0.1, 0.15) is 55.7 Å². The smallest absolute Gasteiger partial charge is 0.331 e. The van der Waals surface area contributed by atoms with E-state index >= 15 is 0 Å². The summed E-state index contributed by atoms with van der Waals surface area (Å²) in [4.78, 5) is 16.4. The van der Waals surface area contributed by atoms with Gasteiger partial charge in [-0.1, -0.05) is 61.0 Å². The molecule has 4 aliphatic rings. The molecular formula is C31H43N2O3+. The minimum absolute atomic E-state index is 0.0137. The molecule has 4 saturated heterocycles. The van der Waals surface area contributed by atoms with Crippen LogP contribution in [0.5, 0.6) is 0 Å². The monoisotopic (exact) mass is 491 g/mol. The third kappa shape index (κ3) is 5.25. The molecule has 0 radical (unpaired) electrons. The molecule has 5 nitrogen and oxygen atoms in total. The number of benzene rings is 2. The van der Waals surface area contributed by atoms with Crippen molar-refractivity contribution in [3.05, 3.63) is 71.3 Å². The molecule has 0 aromatic heterocycles. The van der Waals surface area contributed by atoms with Gasteiger partial charge in [0, 0.05) is 31.8 Å². The minimum atomic E-state index is -0.727. The highest BCUT2D eigenvalue weighted by atomic mass is 16.5. The van der Waals surface area contributed by atoms with Crippen LogP contribution in [0, 0.1) is 5.92 Å². The predicted octanol–water partition coefficient (Wildman–Crippen LogP) is 4.32. The van der Waals surface area contributed by atoms with E-state index in [9.17, 15) is 4.79 Å². The maximum Gasteiger partial charge on any atom is 0.331 e. The van der Waals surface area contributed by atoms with E-state index in [-0.39, 0.29) is 18.7 Å². The van der Waals surface area contributed by atoms with Crippen molar-refractivity contribution < 1.29 is 19.1 Å². The van der Waals surface area contributed by atoms with Crippen LogP contribution in [0.4, 0.5) is 0 Å². The Morgan fingerprint density at radius 2 is 1.61 bits per heavy atom. The van der Waals surface area contributed by atoms with Crippen molar-refractivity contribution in [1.29, 1.82) is 0 Å². The summed E-state index contributed by atoms with van der Waals surface area (Å²) in [5, 5.41) is 9.17. The Hall–Kier alpha value is -2.21. The first-order chi connectivity index (χ1) is 17.5. The fraction of sp³-hybridized carbons (Fsp3) is 0.581. The fourth-order valence-electron chi connectivity index (χ4n) is 6.82. The number of carbonyl (C=O) groups excluding carboxylic acids is 1. The van der Waals surface area contributed by atoms with Gasteiger partial charge in [0.05, 0.1) is 19.6 Å². The van der Waals surface area contributed by atoms with Crippen LogP contribution >= 0.6 is 0 Å². The maximum absolute atomic E-state index is 14.0. The van der Waals surface area contributed by atoms with Crippen molar-refractivity contribution in [2.75, 3.05) is 45.9 Å². The number of esters is 1. The van der Waals surface area contributed by atoms with E-state index in [0.29, 0.717) is 12.3 Å². The predicted molar refractivity (Wildman–Crippen MR) is 142 cm³/mol. The molecule has 4 fully saturated rings. The van der Waals surface area contributed by atoms with Crippen LogP contribution in [0.3, 0.4) is 0 Å². The Balaban J connectivity index is 1.28. The first kappa shape index (κ1) is 25.4. The molecule has 4 heterocycles. The molecule has 2 aromatic carbocycles. The number of likely N-dealkylation sites (tertiary alicyclic amines) is 1. The molecule has 0 saturated carbocycles. The van der Waals surface area contributed by atoms with Crippen molar-refractivity contribution in [3.8, 4) is 0 Å². The van der Waals surface area contributed by atoms with Crippen LogP contribution in [-0.2, 0) is 27.9 Å². The van der Waals surface area contributed by atoms with Gasteiger partial charge in [0.1, 0.15) is 12.1 Å². The lowest BCUT2D eigenvalue weighted by Crippen LogP contribution is -2.65. The zero-order valence-electron chi connectivity index (χ0n) is 21.9. The maximum atomic E-state index is 14.0. The zero-order valence-corrected chi connectivity index (χ0v) is 21.9. The van der Waals surface area contributed by atoms with Gasteiger partial charge in [0.2, 0.25) is 0 Å². The fourth-order valence-corrected chi connectivity index (χ4v) is 6.82. The molecule has 5 heteroatoms. The van der Waals surface area contributed by atoms with Crippen LogP contribution in [0.15, 0.2) is 54.6 Å². The standard InChI is InChI=1S/C31H43N2O3/c1-31(28-8-4-2-5-9-28,32-18-6-3-7-19-32)30(35)36-29-24-33(21-15-27(29)16-22-33)20-14-25-10-12-26(13-11-25)17-23-34/h2,4-5,8-13,27,29,34H,3,6-7,14-24H2,1H3/q+1/t27?,29-,31-,33?/m0/s1. The van der Waals surface area contributed by atoms with Crippen molar-refractivity contribution in [2.24, 2.45) is 5.92 Å².